The lowest BCUT2D eigenvalue weighted by molar-refractivity contribution is 0.0785. The van der Waals surface area contributed by atoms with Gasteiger partial charge < -0.3 is 4.90 Å². The van der Waals surface area contributed by atoms with Gasteiger partial charge in [0.1, 0.15) is 5.15 Å². The largest absolute Gasteiger partial charge is 0.337 e. The maximum absolute atomic E-state index is 12.2. The molecular weight excluding hydrogens is 320 g/mol. The van der Waals surface area contributed by atoms with E-state index in [0.717, 1.165) is 5.56 Å². The van der Waals surface area contributed by atoms with E-state index < -0.39 is 0 Å². The highest BCUT2D eigenvalue weighted by molar-refractivity contribution is 9.10. The van der Waals surface area contributed by atoms with E-state index >= 15 is 0 Å². The van der Waals surface area contributed by atoms with Crippen molar-refractivity contribution in [2.75, 3.05) is 7.05 Å². The molecule has 0 aliphatic rings. The van der Waals surface area contributed by atoms with E-state index in [1.54, 1.807) is 36.6 Å². The lowest BCUT2D eigenvalue weighted by Crippen LogP contribution is -2.26. The quantitative estimate of drug-likeness (QED) is 0.880. The van der Waals surface area contributed by atoms with Crippen molar-refractivity contribution >= 4 is 33.4 Å². The summed E-state index contributed by atoms with van der Waals surface area (Å²) in [6.07, 6.45) is 4.96. The maximum Gasteiger partial charge on any atom is 0.257 e. The van der Waals surface area contributed by atoms with Gasteiger partial charge in [0.25, 0.3) is 5.91 Å². The Morgan fingerprint density at radius 3 is 3.00 bits per heavy atom. The molecule has 0 aromatic carbocycles. The molecule has 94 valence electrons. The second-order valence-electron chi connectivity index (χ2n) is 3.76. The van der Waals surface area contributed by atoms with Gasteiger partial charge in [0.15, 0.2) is 0 Å². The van der Waals surface area contributed by atoms with Crippen LogP contribution in [0.5, 0.6) is 0 Å². The molecule has 0 aliphatic carbocycles. The average Bonchev–Trinajstić information content (AvgIpc) is 2.84. The van der Waals surface area contributed by atoms with Crippen LogP contribution < -0.4 is 0 Å². The van der Waals surface area contributed by atoms with Crippen LogP contribution in [0.4, 0.5) is 0 Å². The zero-order chi connectivity index (χ0) is 13.1. The number of H-pyrrole nitrogens is 1. The number of halogens is 2. The lowest BCUT2D eigenvalue weighted by atomic mass is 10.2. The van der Waals surface area contributed by atoms with Gasteiger partial charge in [0, 0.05) is 36.0 Å². The Kier molecular flexibility index (Phi) is 3.98. The Balaban J connectivity index is 2.17. The molecule has 18 heavy (non-hydrogen) atoms. The van der Waals surface area contributed by atoms with Crippen LogP contribution in [0.1, 0.15) is 15.9 Å². The molecule has 0 fully saturated rings. The molecule has 5 nitrogen and oxygen atoms in total. The SMILES string of the molecule is CN(Cc1cn[nH]c1)C(=O)c1cc(Br)cnc1Cl. The normalized spacial score (nSPS) is 10.4. The predicted molar refractivity (Wildman–Crippen MR) is 71.3 cm³/mol. The molecule has 2 rings (SSSR count). The summed E-state index contributed by atoms with van der Waals surface area (Å²) in [5, 5.41) is 6.73. The number of pyridine rings is 1. The number of nitrogens with zero attached hydrogens (tertiary/aromatic N) is 3. The van der Waals surface area contributed by atoms with Gasteiger partial charge in [-0.1, -0.05) is 11.6 Å². The van der Waals surface area contributed by atoms with Gasteiger partial charge in [-0.25, -0.2) is 4.98 Å². The van der Waals surface area contributed by atoms with Gasteiger partial charge in [-0.05, 0) is 22.0 Å². The third-order valence-electron chi connectivity index (χ3n) is 2.36. The van der Waals surface area contributed by atoms with E-state index in [0.29, 0.717) is 16.6 Å². The highest BCUT2D eigenvalue weighted by Gasteiger charge is 2.17. The molecule has 0 radical (unpaired) electrons. The van der Waals surface area contributed by atoms with Crippen molar-refractivity contribution in [3.05, 3.63) is 45.4 Å². The summed E-state index contributed by atoms with van der Waals surface area (Å²) in [7, 11) is 1.70. The first-order valence-electron chi connectivity index (χ1n) is 5.12. The maximum atomic E-state index is 12.2. The number of carbonyl (C=O) groups excluding carboxylic acids is 1. The van der Waals surface area contributed by atoms with Gasteiger partial charge in [0.2, 0.25) is 0 Å². The summed E-state index contributed by atoms with van der Waals surface area (Å²) in [5.74, 6) is -0.185. The highest BCUT2D eigenvalue weighted by Crippen LogP contribution is 2.19. The minimum Gasteiger partial charge on any atom is -0.337 e. The third-order valence-corrected chi connectivity index (χ3v) is 3.09. The lowest BCUT2D eigenvalue weighted by Gasteiger charge is -2.16. The molecule has 0 bridgehead atoms. The molecule has 7 heteroatoms. The van der Waals surface area contributed by atoms with Gasteiger partial charge >= 0.3 is 0 Å². The van der Waals surface area contributed by atoms with E-state index in [-0.39, 0.29) is 11.1 Å². The molecule has 1 N–H and O–H groups in total. The van der Waals surface area contributed by atoms with E-state index in [4.69, 9.17) is 11.6 Å². The molecule has 0 unspecified atom stereocenters. The summed E-state index contributed by atoms with van der Waals surface area (Å²) in [6, 6.07) is 1.66. The smallest absolute Gasteiger partial charge is 0.257 e. The van der Waals surface area contributed by atoms with Crippen molar-refractivity contribution in [1.82, 2.24) is 20.1 Å². The molecule has 2 heterocycles. The van der Waals surface area contributed by atoms with Crippen LogP contribution >= 0.6 is 27.5 Å². The fourth-order valence-corrected chi connectivity index (χ4v) is 2.00. The van der Waals surface area contributed by atoms with Crippen molar-refractivity contribution in [2.45, 2.75) is 6.54 Å². The van der Waals surface area contributed by atoms with Crippen molar-refractivity contribution in [1.29, 1.82) is 0 Å². The van der Waals surface area contributed by atoms with E-state index in [1.165, 1.54) is 0 Å². The monoisotopic (exact) mass is 328 g/mol. The number of amides is 1. The van der Waals surface area contributed by atoms with Crippen molar-refractivity contribution in [3.8, 4) is 0 Å². The van der Waals surface area contributed by atoms with Crippen LogP contribution in [0.3, 0.4) is 0 Å². The fourth-order valence-electron chi connectivity index (χ4n) is 1.49. The first-order valence-corrected chi connectivity index (χ1v) is 6.29. The third kappa shape index (κ3) is 2.88. The van der Waals surface area contributed by atoms with Crippen molar-refractivity contribution in [2.24, 2.45) is 0 Å². The number of hydrogen-bond donors (Lipinski definition) is 1. The Hall–Kier alpha value is -1.40. The Morgan fingerprint density at radius 1 is 1.56 bits per heavy atom. The van der Waals surface area contributed by atoms with E-state index in [1.807, 2.05) is 0 Å². The Labute approximate surface area is 117 Å². The van der Waals surface area contributed by atoms with Gasteiger partial charge in [-0.15, -0.1) is 0 Å². The molecule has 0 saturated heterocycles. The number of nitrogens with one attached hydrogen (secondary N) is 1. The van der Waals surface area contributed by atoms with Gasteiger partial charge in [0.05, 0.1) is 11.8 Å². The second kappa shape index (κ2) is 5.49. The summed E-state index contributed by atoms with van der Waals surface area (Å²) in [5.41, 5.74) is 1.29. The predicted octanol–water partition coefficient (Wildman–Crippen LogP) is 2.49. The number of hydrogen-bond acceptors (Lipinski definition) is 3. The zero-order valence-corrected chi connectivity index (χ0v) is 11.9. The Morgan fingerprint density at radius 2 is 2.33 bits per heavy atom. The molecular formula is C11H10BrClN4O. The molecule has 2 aromatic heterocycles. The van der Waals surface area contributed by atoms with Crippen LogP contribution in [0.2, 0.25) is 5.15 Å². The van der Waals surface area contributed by atoms with Gasteiger partial charge in [-0.2, -0.15) is 5.10 Å². The summed E-state index contributed by atoms with van der Waals surface area (Å²) in [6.45, 7) is 0.457. The van der Waals surface area contributed by atoms with Crippen LogP contribution in [-0.2, 0) is 6.54 Å². The topological polar surface area (TPSA) is 61.9 Å². The molecule has 2 aromatic rings. The number of rotatable bonds is 3. The molecule has 0 aliphatic heterocycles. The van der Waals surface area contributed by atoms with Gasteiger partial charge in [-0.3, -0.25) is 9.89 Å². The Bertz CT molecular complexity index is 558. The first-order chi connectivity index (χ1) is 8.58. The van der Waals surface area contributed by atoms with Crippen LogP contribution in [-0.4, -0.2) is 33.0 Å². The van der Waals surface area contributed by atoms with Crippen molar-refractivity contribution < 1.29 is 4.79 Å². The van der Waals surface area contributed by atoms with E-state index in [2.05, 4.69) is 31.1 Å². The molecule has 0 spiro atoms. The molecule has 1 amide bonds. The number of carbonyl (C=O) groups is 1. The zero-order valence-electron chi connectivity index (χ0n) is 9.52. The highest BCUT2D eigenvalue weighted by atomic mass is 79.9. The summed E-state index contributed by atoms with van der Waals surface area (Å²) in [4.78, 5) is 17.7. The first kappa shape index (κ1) is 13.0. The number of aromatic amines is 1. The summed E-state index contributed by atoms with van der Waals surface area (Å²) < 4.78 is 0.715. The summed E-state index contributed by atoms with van der Waals surface area (Å²) >= 11 is 9.19. The minimum atomic E-state index is -0.185. The standard InChI is InChI=1S/C11H10BrClN4O/c1-17(6-7-3-15-16-4-7)11(18)9-2-8(12)5-14-10(9)13/h2-5H,6H2,1H3,(H,15,16). The van der Waals surface area contributed by atoms with Crippen LogP contribution in [0.25, 0.3) is 0 Å². The van der Waals surface area contributed by atoms with Crippen molar-refractivity contribution in [3.63, 3.8) is 0 Å². The average molecular weight is 330 g/mol. The minimum absolute atomic E-state index is 0.185. The van der Waals surface area contributed by atoms with E-state index in [9.17, 15) is 4.79 Å². The number of aromatic nitrogens is 3. The molecule has 0 atom stereocenters. The van der Waals surface area contributed by atoms with Crippen LogP contribution in [0.15, 0.2) is 29.1 Å². The van der Waals surface area contributed by atoms with Crippen LogP contribution in [0, 0.1) is 0 Å². The fraction of sp³-hybridized carbons (Fsp3) is 0.182. The molecule has 0 saturated carbocycles. The second-order valence-corrected chi connectivity index (χ2v) is 5.03.